The molecule has 31 heavy (non-hydrogen) atoms. The number of hydrogen-bond acceptors (Lipinski definition) is 2. The largest absolute Gasteiger partial charge is 0.473 e. The number of benzene rings is 1. The number of allylic oxidation sites excluding steroid dienone is 11. The van der Waals surface area contributed by atoms with Crippen molar-refractivity contribution >= 4 is 5.57 Å². The molecule has 1 saturated carbocycles. The van der Waals surface area contributed by atoms with E-state index in [2.05, 4.69) is 62.6 Å². The fourth-order valence-corrected chi connectivity index (χ4v) is 4.30. The third-order valence-corrected chi connectivity index (χ3v) is 6.11. The summed E-state index contributed by atoms with van der Waals surface area (Å²) in [5.41, 5.74) is 12.7. The van der Waals surface area contributed by atoms with E-state index in [9.17, 15) is 0 Å². The Balaban J connectivity index is 1.97. The number of hydrogen-bond donors (Lipinski definition) is 1. The van der Waals surface area contributed by atoms with E-state index in [1.807, 2.05) is 30.4 Å². The highest BCUT2D eigenvalue weighted by atomic mass is 16.5. The van der Waals surface area contributed by atoms with E-state index in [0.717, 1.165) is 22.3 Å². The van der Waals surface area contributed by atoms with E-state index < -0.39 is 0 Å². The second-order valence-electron chi connectivity index (χ2n) is 8.32. The summed E-state index contributed by atoms with van der Waals surface area (Å²) >= 11 is 0. The molecule has 0 aromatic heterocycles. The summed E-state index contributed by atoms with van der Waals surface area (Å²) in [6.07, 6.45) is 24.2. The fraction of sp³-hybridized carbons (Fsp3) is 0.241. The zero-order chi connectivity index (χ0) is 22.1. The minimum Gasteiger partial charge on any atom is -0.473 e. The molecule has 2 aliphatic rings. The topological polar surface area (TPSA) is 35.2 Å². The van der Waals surface area contributed by atoms with E-state index in [1.54, 1.807) is 12.5 Å². The van der Waals surface area contributed by atoms with Crippen molar-refractivity contribution in [3.63, 3.8) is 0 Å². The Morgan fingerprint density at radius 2 is 1.84 bits per heavy atom. The first kappa shape index (κ1) is 22.6. The molecule has 1 heterocycles. The molecule has 0 bridgehead atoms. The molecule has 0 radical (unpaired) electrons. The van der Waals surface area contributed by atoms with Crippen LogP contribution < -0.4 is 5.73 Å². The summed E-state index contributed by atoms with van der Waals surface area (Å²) in [5.74, 6) is 0. The third-order valence-electron chi connectivity index (χ3n) is 6.11. The van der Waals surface area contributed by atoms with Gasteiger partial charge in [-0.25, -0.2) is 0 Å². The van der Waals surface area contributed by atoms with Crippen LogP contribution in [0.3, 0.4) is 0 Å². The van der Waals surface area contributed by atoms with Gasteiger partial charge in [0.05, 0.1) is 12.5 Å². The maximum absolute atomic E-state index is 5.96. The summed E-state index contributed by atoms with van der Waals surface area (Å²) in [7, 11) is 0. The van der Waals surface area contributed by atoms with Crippen molar-refractivity contribution in [2.75, 3.05) is 6.54 Å². The van der Waals surface area contributed by atoms with Crippen LogP contribution in [0.15, 0.2) is 115 Å². The van der Waals surface area contributed by atoms with Gasteiger partial charge in [-0.1, -0.05) is 93.6 Å². The van der Waals surface area contributed by atoms with Crippen molar-refractivity contribution in [3.05, 3.63) is 126 Å². The van der Waals surface area contributed by atoms with Gasteiger partial charge in [-0.15, -0.1) is 0 Å². The Labute approximate surface area is 187 Å². The first-order valence-electron chi connectivity index (χ1n) is 11.0. The first-order valence-corrected chi connectivity index (χ1v) is 11.0. The van der Waals surface area contributed by atoms with Gasteiger partial charge in [0, 0.05) is 6.54 Å². The van der Waals surface area contributed by atoms with E-state index in [1.165, 1.54) is 36.8 Å². The van der Waals surface area contributed by atoms with Gasteiger partial charge in [0.1, 0.15) is 0 Å². The van der Waals surface area contributed by atoms with Crippen molar-refractivity contribution < 1.29 is 4.74 Å². The molecule has 3 rings (SSSR count). The maximum Gasteiger partial charge on any atom is 0.0901 e. The monoisotopic (exact) mass is 411 g/mol. The molecule has 1 aromatic rings. The van der Waals surface area contributed by atoms with Crippen LogP contribution in [0.25, 0.3) is 5.57 Å². The van der Waals surface area contributed by atoms with E-state index in [4.69, 9.17) is 10.5 Å². The molecule has 160 valence electrons. The van der Waals surface area contributed by atoms with E-state index in [0.29, 0.717) is 6.54 Å². The van der Waals surface area contributed by atoms with Gasteiger partial charge in [0.2, 0.25) is 0 Å². The first-order chi connectivity index (χ1) is 15.0. The van der Waals surface area contributed by atoms with Crippen LogP contribution in [0.5, 0.6) is 0 Å². The van der Waals surface area contributed by atoms with Crippen LogP contribution in [0.4, 0.5) is 0 Å². The van der Waals surface area contributed by atoms with Crippen molar-refractivity contribution in [2.24, 2.45) is 5.73 Å². The highest BCUT2D eigenvalue weighted by Crippen LogP contribution is 2.43. The van der Waals surface area contributed by atoms with Gasteiger partial charge in [-0.05, 0) is 63.8 Å². The molecule has 2 N–H and O–H groups in total. The van der Waals surface area contributed by atoms with Crippen LogP contribution >= 0.6 is 0 Å². The molecule has 1 aliphatic heterocycles. The van der Waals surface area contributed by atoms with Crippen molar-refractivity contribution in [1.29, 1.82) is 0 Å². The van der Waals surface area contributed by atoms with Crippen LogP contribution in [0.2, 0.25) is 0 Å². The molecule has 0 spiro atoms. The van der Waals surface area contributed by atoms with Crippen LogP contribution in [-0.2, 0) is 10.2 Å². The summed E-state index contributed by atoms with van der Waals surface area (Å²) in [6.45, 7) is 11.3. The highest BCUT2D eigenvalue weighted by Gasteiger charge is 2.32. The number of rotatable bonds is 5. The van der Waals surface area contributed by atoms with Crippen LogP contribution in [0, 0.1) is 0 Å². The molecule has 1 aromatic carbocycles. The Kier molecular flexibility index (Phi) is 7.86. The summed E-state index contributed by atoms with van der Waals surface area (Å²) in [5, 5.41) is 0. The predicted octanol–water partition coefficient (Wildman–Crippen LogP) is 7.07. The molecular formula is C29H33NO. The minimum atomic E-state index is 0.224. The zero-order valence-corrected chi connectivity index (χ0v) is 18.5. The smallest absolute Gasteiger partial charge is 0.0901 e. The SMILES string of the molecule is C=C1/C=C\C=C/O\C=C/C=C(/C=C\C(=C/CN)c2ccccc2C2(C)CCCC2)C1=C. The van der Waals surface area contributed by atoms with Crippen LogP contribution in [0.1, 0.15) is 43.7 Å². The van der Waals surface area contributed by atoms with E-state index in [-0.39, 0.29) is 5.41 Å². The fourth-order valence-electron chi connectivity index (χ4n) is 4.30. The average Bonchev–Trinajstić information content (AvgIpc) is 3.22. The molecule has 2 nitrogen and oxygen atoms in total. The Morgan fingerprint density at radius 1 is 1.10 bits per heavy atom. The average molecular weight is 412 g/mol. The lowest BCUT2D eigenvalue weighted by Crippen LogP contribution is -2.18. The second kappa shape index (κ2) is 10.8. The Bertz CT molecular complexity index is 991. The molecule has 0 saturated heterocycles. The van der Waals surface area contributed by atoms with Gasteiger partial charge in [0.15, 0.2) is 0 Å². The van der Waals surface area contributed by atoms with Gasteiger partial charge in [-0.3, -0.25) is 0 Å². The lowest BCUT2D eigenvalue weighted by atomic mass is 9.77. The van der Waals surface area contributed by atoms with Gasteiger partial charge < -0.3 is 10.5 Å². The molecule has 1 fully saturated rings. The van der Waals surface area contributed by atoms with Gasteiger partial charge in [0.25, 0.3) is 0 Å². The van der Waals surface area contributed by atoms with Crippen molar-refractivity contribution in [2.45, 2.75) is 38.0 Å². The Hall–Kier alpha value is -3.10. The summed E-state index contributed by atoms with van der Waals surface area (Å²) in [6, 6.07) is 8.76. The number of nitrogens with two attached hydrogens (primary N) is 1. The molecule has 0 unspecified atom stereocenters. The second-order valence-corrected chi connectivity index (χ2v) is 8.32. The summed E-state index contributed by atoms with van der Waals surface area (Å²) in [4.78, 5) is 0. The lowest BCUT2D eigenvalue weighted by molar-refractivity contribution is 0.403. The van der Waals surface area contributed by atoms with E-state index >= 15 is 0 Å². The molecule has 0 atom stereocenters. The van der Waals surface area contributed by atoms with Crippen molar-refractivity contribution in [3.8, 4) is 0 Å². The lowest BCUT2D eigenvalue weighted by Gasteiger charge is -2.27. The minimum absolute atomic E-state index is 0.224. The predicted molar refractivity (Wildman–Crippen MR) is 133 cm³/mol. The quantitative estimate of drug-likeness (QED) is 0.526. The van der Waals surface area contributed by atoms with Crippen molar-refractivity contribution in [1.82, 2.24) is 0 Å². The van der Waals surface area contributed by atoms with Crippen LogP contribution in [-0.4, -0.2) is 6.54 Å². The standard InChI is InChI=1S/C29H33NO/c1-23-11-6-9-21-31-22-10-12-25(24(23)2)15-16-26(17-20-30)27-13-4-5-14-28(27)29(3)18-7-8-19-29/h4-6,9-17,21-22H,1-2,7-8,18-20,30H2,3H3/b11-6-,16-15-,21-9-,22-10-,25-12-,26-17+. The third kappa shape index (κ3) is 5.74. The normalized spacial score (nSPS) is 24.2. The molecular weight excluding hydrogens is 378 g/mol. The molecule has 1 aliphatic carbocycles. The Morgan fingerprint density at radius 3 is 2.61 bits per heavy atom. The van der Waals surface area contributed by atoms with Gasteiger partial charge in [-0.2, -0.15) is 0 Å². The zero-order valence-electron chi connectivity index (χ0n) is 18.5. The highest BCUT2D eigenvalue weighted by molar-refractivity contribution is 5.78. The number of ether oxygens (including phenoxy) is 1. The molecule has 0 amide bonds. The maximum atomic E-state index is 5.96. The van der Waals surface area contributed by atoms with Gasteiger partial charge >= 0.3 is 0 Å². The summed E-state index contributed by atoms with van der Waals surface area (Å²) < 4.78 is 5.33. The molecule has 2 heteroatoms.